The highest BCUT2D eigenvalue weighted by Gasteiger charge is 2.62. The van der Waals surface area contributed by atoms with Gasteiger partial charge in [0.25, 0.3) is 11.5 Å². The monoisotopic (exact) mass is 538 g/mol. The molecule has 0 spiro atoms. The number of carbonyl (C=O) groups is 1. The van der Waals surface area contributed by atoms with E-state index in [1.54, 1.807) is 6.92 Å². The third-order valence-electron chi connectivity index (χ3n) is 5.69. The summed E-state index contributed by atoms with van der Waals surface area (Å²) in [4.78, 5) is 17.4. The van der Waals surface area contributed by atoms with Crippen LogP contribution in [0.4, 0.5) is 17.6 Å². The molecule has 0 aromatic heterocycles. The van der Waals surface area contributed by atoms with Gasteiger partial charge in [0.15, 0.2) is 15.7 Å². The molecule has 2 aliphatic heterocycles. The van der Waals surface area contributed by atoms with E-state index in [1.165, 1.54) is 18.2 Å². The Labute approximate surface area is 201 Å². The van der Waals surface area contributed by atoms with E-state index >= 15 is 0 Å². The maximum atomic E-state index is 14.1. The van der Waals surface area contributed by atoms with Crippen molar-refractivity contribution in [3.63, 3.8) is 0 Å². The zero-order valence-electron chi connectivity index (χ0n) is 17.3. The second kappa shape index (κ2) is 8.39. The molecule has 1 N–H and O–H groups in total. The molecule has 2 heterocycles. The number of aryl methyl sites for hydroxylation is 1. The lowest BCUT2D eigenvalue weighted by Crippen LogP contribution is -2.53. The quantitative estimate of drug-likeness (QED) is 0.457. The zero-order chi connectivity index (χ0) is 25.1. The average molecular weight is 539 g/mol. The van der Waals surface area contributed by atoms with Gasteiger partial charge in [0.05, 0.1) is 33.3 Å². The van der Waals surface area contributed by atoms with E-state index in [1.807, 2.05) is 0 Å². The van der Waals surface area contributed by atoms with Crippen LogP contribution in [0.1, 0.15) is 33.5 Å². The van der Waals surface area contributed by atoms with Crippen molar-refractivity contribution < 1.29 is 35.6 Å². The standard InChI is InChI=1S/C21H16Cl2F4N2O4S/c1-10-4-11(2-3-14(10)19(30)28-13-8-34(31,32)9-13)17-7-20(33-29-17,21(25,26)27)12-5-15(22)18(24)16(23)6-12/h2-6,13H,7-9H2,1H3,(H,28,30). The predicted molar refractivity (Wildman–Crippen MR) is 117 cm³/mol. The number of nitrogens with zero attached hydrogens (tertiary/aromatic N) is 1. The molecular weight excluding hydrogens is 523 g/mol. The number of carbonyl (C=O) groups excluding carboxylic acids is 1. The first-order chi connectivity index (χ1) is 15.7. The van der Waals surface area contributed by atoms with Crippen LogP contribution in [0.2, 0.25) is 10.0 Å². The number of nitrogens with one attached hydrogen (secondary N) is 1. The van der Waals surface area contributed by atoms with E-state index in [0.29, 0.717) is 5.56 Å². The maximum absolute atomic E-state index is 14.1. The number of alkyl halides is 3. The predicted octanol–water partition coefficient (Wildman–Crippen LogP) is 4.55. The molecule has 182 valence electrons. The summed E-state index contributed by atoms with van der Waals surface area (Å²) in [6.07, 6.45) is -5.68. The Morgan fingerprint density at radius 1 is 1.18 bits per heavy atom. The number of rotatable bonds is 4. The molecular formula is C21H16Cl2F4N2O4S. The van der Waals surface area contributed by atoms with Crippen LogP contribution in [-0.2, 0) is 20.3 Å². The summed E-state index contributed by atoms with van der Waals surface area (Å²) in [7, 11) is -3.11. The van der Waals surface area contributed by atoms with E-state index in [4.69, 9.17) is 28.0 Å². The molecule has 6 nitrogen and oxygen atoms in total. The fraction of sp³-hybridized carbons (Fsp3) is 0.333. The van der Waals surface area contributed by atoms with Gasteiger partial charge in [-0.1, -0.05) is 34.4 Å². The van der Waals surface area contributed by atoms with Gasteiger partial charge in [-0.05, 0) is 42.3 Å². The number of hydrogen-bond donors (Lipinski definition) is 1. The highest BCUT2D eigenvalue weighted by Crippen LogP contribution is 2.50. The number of hydrogen-bond acceptors (Lipinski definition) is 5. The van der Waals surface area contributed by atoms with Crippen molar-refractivity contribution >= 4 is 44.7 Å². The van der Waals surface area contributed by atoms with Crippen molar-refractivity contribution in [1.29, 1.82) is 0 Å². The molecule has 2 aromatic carbocycles. The Morgan fingerprint density at radius 3 is 2.32 bits per heavy atom. The summed E-state index contributed by atoms with van der Waals surface area (Å²) in [5, 5.41) is 5.07. The lowest BCUT2D eigenvalue weighted by atomic mass is 9.86. The Hall–Kier alpha value is -2.37. The van der Waals surface area contributed by atoms with Gasteiger partial charge < -0.3 is 10.2 Å². The summed E-state index contributed by atoms with van der Waals surface area (Å²) in [6.45, 7) is 1.59. The van der Waals surface area contributed by atoms with Crippen molar-refractivity contribution in [2.24, 2.45) is 5.16 Å². The maximum Gasteiger partial charge on any atom is 0.435 e. The average Bonchev–Trinajstić information content (AvgIpc) is 3.17. The molecule has 1 saturated heterocycles. The van der Waals surface area contributed by atoms with Gasteiger partial charge in [-0.2, -0.15) is 13.2 Å². The van der Waals surface area contributed by atoms with Gasteiger partial charge in [0.2, 0.25) is 0 Å². The Balaban J connectivity index is 1.59. The molecule has 0 aliphatic carbocycles. The van der Waals surface area contributed by atoms with Gasteiger partial charge >= 0.3 is 6.18 Å². The smallest absolute Gasteiger partial charge is 0.374 e. The molecule has 1 fully saturated rings. The summed E-state index contributed by atoms with van der Waals surface area (Å²) in [6, 6.07) is 5.42. The van der Waals surface area contributed by atoms with Crippen molar-refractivity contribution in [2.45, 2.75) is 31.2 Å². The van der Waals surface area contributed by atoms with Crippen LogP contribution in [-0.4, -0.2) is 43.8 Å². The molecule has 2 aromatic rings. The largest absolute Gasteiger partial charge is 0.435 e. The molecule has 13 heteroatoms. The minimum Gasteiger partial charge on any atom is -0.374 e. The van der Waals surface area contributed by atoms with Crippen LogP contribution in [0.5, 0.6) is 0 Å². The highest BCUT2D eigenvalue weighted by molar-refractivity contribution is 7.92. The van der Waals surface area contributed by atoms with Crippen molar-refractivity contribution in [1.82, 2.24) is 5.32 Å². The Kier molecular flexibility index (Phi) is 6.10. The van der Waals surface area contributed by atoms with E-state index in [2.05, 4.69) is 10.5 Å². The number of sulfone groups is 1. The summed E-state index contributed by atoms with van der Waals surface area (Å²) < 4.78 is 78.7. The molecule has 0 radical (unpaired) electrons. The first-order valence-electron chi connectivity index (χ1n) is 9.81. The highest BCUT2D eigenvalue weighted by atomic mass is 35.5. The molecule has 1 amide bonds. The molecule has 2 aliphatic rings. The zero-order valence-corrected chi connectivity index (χ0v) is 19.7. The van der Waals surface area contributed by atoms with Crippen LogP contribution in [0.3, 0.4) is 0 Å². The van der Waals surface area contributed by atoms with E-state index in [-0.39, 0.29) is 28.3 Å². The SMILES string of the molecule is Cc1cc(C2=NOC(c3cc(Cl)c(F)c(Cl)c3)(C(F)(F)F)C2)ccc1C(=O)NC1CS(=O)(=O)C1. The van der Waals surface area contributed by atoms with Crippen molar-refractivity contribution in [2.75, 3.05) is 11.5 Å². The van der Waals surface area contributed by atoms with Gasteiger partial charge in [0, 0.05) is 17.5 Å². The summed E-state index contributed by atoms with van der Waals surface area (Å²) in [5.41, 5.74) is -2.51. The normalized spacial score (nSPS) is 22.0. The lowest BCUT2D eigenvalue weighted by molar-refractivity contribution is -0.275. The molecule has 1 unspecified atom stereocenters. The van der Waals surface area contributed by atoms with Crippen molar-refractivity contribution in [3.8, 4) is 0 Å². The molecule has 0 bridgehead atoms. The molecule has 34 heavy (non-hydrogen) atoms. The van der Waals surface area contributed by atoms with Crippen LogP contribution in [0.15, 0.2) is 35.5 Å². The molecule has 1 atom stereocenters. The fourth-order valence-electron chi connectivity index (χ4n) is 3.86. The first-order valence-corrected chi connectivity index (χ1v) is 12.4. The number of amides is 1. The van der Waals surface area contributed by atoms with Gasteiger partial charge in [0.1, 0.15) is 0 Å². The summed E-state index contributed by atoms with van der Waals surface area (Å²) >= 11 is 11.4. The fourth-order valence-corrected chi connectivity index (χ4v) is 5.64. The van der Waals surface area contributed by atoms with Gasteiger partial charge in [-0.3, -0.25) is 4.79 Å². The van der Waals surface area contributed by atoms with E-state index in [9.17, 15) is 30.8 Å². The number of oxime groups is 1. The topological polar surface area (TPSA) is 84.8 Å². The Morgan fingerprint density at radius 2 is 1.79 bits per heavy atom. The third-order valence-corrected chi connectivity index (χ3v) is 8.06. The molecule has 4 rings (SSSR count). The van der Waals surface area contributed by atoms with E-state index < -0.39 is 61.4 Å². The second-order valence-electron chi connectivity index (χ2n) is 8.16. The van der Waals surface area contributed by atoms with Gasteiger partial charge in [-0.15, -0.1) is 0 Å². The van der Waals surface area contributed by atoms with E-state index in [0.717, 1.165) is 12.1 Å². The van der Waals surface area contributed by atoms with Crippen LogP contribution in [0.25, 0.3) is 0 Å². The lowest BCUT2D eigenvalue weighted by Gasteiger charge is -2.29. The minimum atomic E-state index is -4.94. The van der Waals surface area contributed by atoms with Crippen LogP contribution >= 0.6 is 23.2 Å². The second-order valence-corrected chi connectivity index (χ2v) is 11.1. The molecule has 0 saturated carbocycles. The van der Waals surface area contributed by atoms with Crippen molar-refractivity contribution in [3.05, 3.63) is 68.4 Å². The van der Waals surface area contributed by atoms with Gasteiger partial charge in [-0.25, -0.2) is 12.8 Å². The van der Waals surface area contributed by atoms with Crippen LogP contribution in [0, 0.1) is 12.7 Å². The number of benzene rings is 2. The summed E-state index contributed by atoms with van der Waals surface area (Å²) in [5.74, 6) is -1.82. The third kappa shape index (κ3) is 4.36. The number of halogens is 6. The minimum absolute atomic E-state index is 0.0472. The Bertz CT molecular complexity index is 1300. The first kappa shape index (κ1) is 24.7. The van der Waals surface area contributed by atoms with Crippen LogP contribution < -0.4 is 5.32 Å².